The number of unbranched alkanes of at least 4 members (excludes halogenated alkanes) is 13. The number of hydrogen-bond acceptors (Lipinski definition) is 1. The molecule has 0 saturated heterocycles. The summed E-state index contributed by atoms with van der Waals surface area (Å²) in [5, 5.41) is 9.11. The normalized spacial score (nSPS) is 12.4. The molecule has 0 fully saturated rings. The summed E-state index contributed by atoms with van der Waals surface area (Å²) >= 11 is 0. The van der Waals surface area contributed by atoms with Crippen LogP contribution in [0.3, 0.4) is 0 Å². The predicted molar refractivity (Wildman–Crippen MR) is 101 cm³/mol. The van der Waals surface area contributed by atoms with E-state index in [0.717, 1.165) is 25.7 Å². The van der Waals surface area contributed by atoms with Crippen LogP contribution in [0.1, 0.15) is 123 Å². The second-order valence-corrected chi connectivity index (χ2v) is 7.21. The molecule has 0 aliphatic carbocycles. The molecule has 138 valence electrons. The average molecular weight is 327 g/mol. The number of carboxylic acids is 1. The van der Waals surface area contributed by atoms with Crippen LogP contribution in [0.5, 0.6) is 0 Å². The van der Waals surface area contributed by atoms with E-state index in [0.29, 0.717) is 0 Å². The number of aliphatic carboxylic acids is 1. The third-order valence-electron chi connectivity index (χ3n) is 4.89. The summed E-state index contributed by atoms with van der Waals surface area (Å²) in [6.07, 6.45) is 21.7. The van der Waals surface area contributed by atoms with Gasteiger partial charge in [-0.15, -0.1) is 0 Å². The minimum absolute atomic E-state index is 0.0997. The standard InChI is InChI=1S/C21H42O2/c1-3-5-6-7-8-9-10-11-12-13-14-15-16-17-19-20(18-4-2)21(22)23/h20H,3-19H2,1-2H3,(H,22,23). The van der Waals surface area contributed by atoms with E-state index in [9.17, 15) is 4.79 Å². The van der Waals surface area contributed by atoms with Crippen molar-refractivity contribution in [3.63, 3.8) is 0 Å². The van der Waals surface area contributed by atoms with Crippen molar-refractivity contribution in [3.8, 4) is 0 Å². The summed E-state index contributed by atoms with van der Waals surface area (Å²) in [7, 11) is 0. The van der Waals surface area contributed by atoms with Crippen LogP contribution in [0, 0.1) is 5.92 Å². The molecule has 0 aromatic rings. The molecular formula is C21H42O2. The molecule has 0 aliphatic rings. The van der Waals surface area contributed by atoms with Crippen molar-refractivity contribution in [1.29, 1.82) is 0 Å². The average Bonchev–Trinajstić information content (AvgIpc) is 2.54. The van der Waals surface area contributed by atoms with E-state index in [1.165, 1.54) is 83.5 Å². The maximum Gasteiger partial charge on any atom is 0.306 e. The summed E-state index contributed by atoms with van der Waals surface area (Å²) in [6, 6.07) is 0. The molecule has 2 heteroatoms. The van der Waals surface area contributed by atoms with Crippen molar-refractivity contribution in [2.75, 3.05) is 0 Å². The summed E-state index contributed by atoms with van der Waals surface area (Å²) in [5.74, 6) is -0.695. The molecule has 0 radical (unpaired) electrons. The van der Waals surface area contributed by atoms with Gasteiger partial charge < -0.3 is 5.11 Å². The predicted octanol–water partition coefficient (Wildman–Crippen LogP) is 7.36. The van der Waals surface area contributed by atoms with Gasteiger partial charge in [0.05, 0.1) is 5.92 Å². The summed E-state index contributed by atoms with van der Waals surface area (Å²) in [5.41, 5.74) is 0. The van der Waals surface area contributed by atoms with Crippen LogP contribution >= 0.6 is 0 Å². The lowest BCUT2D eigenvalue weighted by Crippen LogP contribution is -2.13. The van der Waals surface area contributed by atoms with E-state index in [4.69, 9.17) is 5.11 Å². The largest absolute Gasteiger partial charge is 0.481 e. The van der Waals surface area contributed by atoms with Crippen LogP contribution in [-0.4, -0.2) is 11.1 Å². The summed E-state index contributed by atoms with van der Waals surface area (Å²) < 4.78 is 0. The van der Waals surface area contributed by atoms with Crippen LogP contribution in [0.15, 0.2) is 0 Å². The topological polar surface area (TPSA) is 37.3 Å². The zero-order valence-electron chi connectivity index (χ0n) is 16.0. The summed E-state index contributed by atoms with van der Waals surface area (Å²) in [6.45, 7) is 4.34. The third-order valence-corrected chi connectivity index (χ3v) is 4.89. The van der Waals surface area contributed by atoms with E-state index in [-0.39, 0.29) is 5.92 Å². The van der Waals surface area contributed by atoms with E-state index in [1.807, 2.05) is 0 Å². The maximum absolute atomic E-state index is 11.1. The Balaban J connectivity index is 3.20. The maximum atomic E-state index is 11.1. The molecule has 0 aromatic heterocycles. The number of rotatable bonds is 18. The first kappa shape index (κ1) is 22.5. The van der Waals surface area contributed by atoms with Crippen LogP contribution in [0.25, 0.3) is 0 Å². The van der Waals surface area contributed by atoms with Crippen molar-refractivity contribution in [3.05, 3.63) is 0 Å². The van der Waals surface area contributed by atoms with E-state index in [1.54, 1.807) is 0 Å². The molecule has 2 nitrogen and oxygen atoms in total. The lowest BCUT2D eigenvalue weighted by molar-refractivity contribution is -0.142. The van der Waals surface area contributed by atoms with Gasteiger partial charge in [0.15, 0.2) is 0 Å². The first-order valence-electron chi connectivity index (χ1n) is 10.4. The van der Waals surface area contributed by atoms with Crippen LogP contribution in [0.4, 0.5) is 0 Å². The Labute approximate surface area is 145 Å². The Kier molecular flexibility index (Phi) is 17.4. The highest BCUT2D eigenvalue weighted by molar-refractivity contribution is 5.69. The van der Waals surface area contributed by atoms with Gasteiger partial charge in [-0.05, 0) is 12.8 Å². The molecule has 0 heterocycles. The Hall–Kier alpha value is -0.530. The molecular weight excluding hydrogens is 284 g/mol. The Morgan fingerprint density at radius 3 is 1.35 bits per heavy atom. The molecule has 23 heavy (non-hydrogen) atoms. The van der Waals surface area contributed by atoms with Crippen LogP contribution in [0.2, 0.25) is 0 Å². The molecule has 0 bridgehead atoms. The van der Waals surface area contributed by atoms with Gasteiger partial charge in [0, 0.05) is 0 Å². The highest BCUT2D eigenvalue weighted by Crippen LogP contribution is 2.17. The summed E-state index contributed by atoms with van der Waals surface area (Å²) in [4.78, 5) is 11.1. The fourth-order valence-corrected chi connectivity index (χ4v) is 3.33. The van der Waals surface area contributed by atoms with E-state index >= 15 is 0 Å². The fourth-order valence-electron chi connectivity index (χ4n) is 3.33. The molecule has 0 spiro atoms. The Bertz CT molecular complexity index is 250. The zero-order valence-corrected chi connectivity index (χ0v) is 16.0. The lowest BCUT2D eigenvalue weighted by atomic mass is 9.96. The van der Waals surface area contributed by atoms with Gasteiger partial charge >= 0.3 is 5.97 Å². The monoisotopic (exact) mass is 326 g/mol. The molecule has 1 unspecified atom stereocenters. The van der Waals surface area contributed by atoms with Gasteiger partial charge in [0.25, 0.3) is 0 Å². The highest BCUT2D eigenvalue weighted by atomic mass is 16.4. The Morgan fingerprint density at radius 1 is 0.609 bits per heavy atom. The molecule has 0 aromatic carbocycles. The van der Waals surface area contributed by atoms with E-state index in [2.05, 4.69) is 13.8 Å². The Morgan fingerprint density at radius 2 is 1.00 bits per heavy atom. The second-order valence-electron chi connectivity index (χ2n) is 7.21. The van der Waals surface area contributed by atoms with Gasteiger partial charge in [-0.3, -0.25) is 4.79 Å². The molecule has 0 amide bonds. The minimum Gasteiger partial charge on any atom is -0.481 e. The van der Waals surface area contributed by atoms with Crippen molar-refractivity contribution in [1.82, 2.24) is 0 Å². The van der Waals surface area contributed by atoms with E-state index < -0.39 is 5.97 Å². The quantitative estimate of drug-likeness (QED) is 0.267. The fraction of sp³-hybridized carbons (Fsp3) is 0.952. The van der Waals surface area contributed by atoms with Crippen molar-refractivity contribution < 1.29 is 9.90 Å². The van der Waals surface area contributed by atoms with Gasteiger partial charge in [-0.25, -0.2) is 0 Å². The number of carboxylic acid groups (broad SMARTS) is 1. The van der Waals surface area contributed by atoms with Crippen molar-refractivity contribution >= 4 is 5.97 Å². The molecule has 1 atom stereocenters. The van der Waals surface area contributed by atoms with Crippen LogP contribution < -0.4 is 0 Å². The first-order chi connectivity index (χ1) is 11.2. The molecule has 0 rings (SSSR count). The number of hydrogen-bond donors (Lipinski definition) is 1. The first-order valence-corrected chi connectivity index (χ1v) is 10.4. The smallest absolute Gasteiger partial charge is 0.306 e. The third kappa shape index (κ3) is 16.1. The van der Waals surface area contributed by atoms with Gasteiger partial charge in [0.2, 0.25) is 0 Å². The molecule has 0 saturated carbocycles. The van der Waals surface area contributed by atoms with Crippen LogP contribution in [-0.2, 0) is 4.79 Å². The van der Waals surface area contributed by atoms with Gasteiger partial charge in [-0.2, -0.15) is 0 Å². The second kappa shape index (κ2) is 17.8. The zero-order chi connectivity index (χ0) is 17.2. The highest BCUT2D eigenvalue weighted by Gasteiger charge is 2.15. The number of carbonyl (C=O) groups is 1. The van der Waals surface area contributed by atoms with Gasteiger partial charge in [-0.1, -0.05) is 110 Å². The van der Waals surface area contributed by atoms with Crippen molar-refractivity contribution in [2.24, 2.45) is 5.92 Å². The molecule has 1 N–H and O–H groups in total. The van der Waals surface area contributed by atoms with Crippen molar-refractivity contribution in [2.45, 2.75) is 123 Å². The molecule has 0 aliphatic heterocycles. The minimum atomic E-state index is -0.596. The lowest BCUT2D eigenvalue weighted by Gasteiger charge is -2.10. The SMILES string of the molecule is CCCCCCCCCCCCCCCCC(CCC)C(=O)O. The van der Waals surface area contributed by atoms with Gasteiger partial charge in [0.1, 0.15) is 0 Å².